The molecule has 2 aromatic rings. The Hall–Kier alpha value is -2.18. The molecule has 0 spiro atoms. The molecule has 1 amide bonds. The fourth-order valence-corrected chi connectivity index (χ4v) is 2.82. The molecular weight excluding hydrogens is 292 g/mol. The van der Waals surface area contributed by atoms with Gasteiger partial charge < -0.3 is 5.32 Å². The Bertz CT molecular complexity index is 672. The predicted octanol–water partition coefficient (Wildman–Crippen LogP) is 1.85. The summed E-state index contributed by atoms with van der Waals surface area (Å²) in [4.78, 5) is 16.6. The van der Waals surface area contributed by atoms with Gasteiger partial charge in [0.25, 0.3) is 0 Å². The average Bonchev–Trinajstić information content (AvgIpc) is 3.09. The molecule has 0 aliphatic heterocycles. The molecule has 7 heteroatoms. The van der Waals surface area contributed by atoms with E-state index in [1.807, 2.05) is 44.1 Å². The van der Waals surface area contributed by atoms with Crippen LogP contribution < -0.4 is 5.32 Å². The van der Waals surface area contributed by atoms with E-state index in [0.29, 0.717) is 12.8 Å². The number of nitrogens with one attached hydrogen (secondary N) is 1. The highest BCUT2D eigenvalue weighted by molar-refractivity contribution is 5.76. The maximum absolute atomic E-state index is 12.3. The minimum Gasteiger partial charge on any atom is -0.346 e. The summed E-state index contributed by atoms with van der Waals surface area (Å²) in [6.07, 6.45) is 3.48. The summed E-state index contributed by atoms with van der Waals surface area (Å²) in [5.41, 5.74) is 3.27. The fourth-order valence-electron chi connectivity index (χ4n) is 2.82. The number of aryl methyl sites for hydroxylation is 3. The second-order valence-electron chi connectivity index (χ2n) is 5.74. The van der Waals surface area contributed by atoms with Gasteiger partial charge in [0.1, 0.15) is 12.2 Å². The van der Waals surface area contributed by atoms with Crippen molar-refractivity contribution in [1.82, 2.24) is 29.9 Å². The van der Waals surface area contributed by atoms with Crippen molar-refractivity contribution in [1.29, 1.82) is 0 Å². The van der Waals surface area contributed by atoms with Gasteiger partial charge in [-0.1, -0.05) is 6.92 Å². The Balaban J connectivity index is 1.98. The molecule has 2 rings (SSSR count). The molecule has 1 atom stereocenters. The van der Waals surface area contributed by atoms with E-state index in [-0.39, 0.29) is 11.9 Å². The molecule has 0 unspecified atom stereocenters. The summed E-state index contributed by atoms with van der Waals surface area (Å²) in [5.74, 6) is 0.849. The monoisotopic (exact) mass is 318 g/mol. The van der Waals surface area contributed by atoms with Gasteiger partial charge in [-0.25, -0.2) is 9.67 Å². The van der Waals surface area contributed by atoms with Crippen LogP contribution in [0.4, 0.5) is 0 Å². The first-order valence-electron chi connectivity index (χ1n) is 8.14. The molecule has 0 aliphatic carbocycles. The van der Waals surface area contributed by atoms with Crippen molar-refractivity contribution in [2.75, 3.05) is 0 Å². The van der Waals surface area contributed by atoms with Gasteiger partial charge in [-0.15, -0.1) is 0 Å². The Labute approximate surface area is 137 Å². The summed E-state index contributed by atoms with van der Waals surface area (Å²) < 4.78 is 3.69. The van der Waals surface area contributed by atoms with Crippen molar-refractivity contribution < 1.29 is 4.79 Å². The Kier molecular flexibility index (Phi) is 5.52. The second kappa shape index (κ2) is 7.39. The van der Waals surface area contributed by atoms with Gasteiger partial charge in [0.05, 0.1) is 11.7 Å². The first-order valence-corrected chi connectivity index (χ1v) is 8.14. The van der Waals surface area contributed by atoms with E-state index in [1.165, 1.54) is 6.33 Å². The van der Waals surface area contributed by atoms with E-state index in [9.17, 15) is 4.79 Å². The Morgan fingerprint density at radius 3 is 2.65 bits per heavy atom. The van der Waals surface area contributed by atoms with Crippen LogP contribution in [0.3, 0.4) is 0 Å². The van der Waals surface area contributed by atoms with Crippen molar-refractivity contribution in [3.05, 3.63) is 29.1 Å². The van der Waals surface area contributed by atoms with Crippen molar-refractivity contribution in [3.8, 4) is 0 Å². The number of rotatable bonds is 7. The molecule has 0 aliphatic rings. The van der Waals surface area contributed by atoms with E-state index in [4.69, 9.17) is 0 Å². The van der Waals surface area contributed by atoms with E-state index in [2.05, 4.69) is 20.5 Å². The van der Waals surface area contributed by atoms with Crippen molar-refractivity contribution in [2.45, 2.75) is 59.5 Å². The van der Waals surface area contributed by atoms with Gasteiger partial charge in [0.15, 0.2) is 0 Å². The molecule has 2 heterocycles. The summed E-state index contributed by atoms with van der Waals surface area (Å²) in [7, 11) is 1.93. The zero-order valence-corrected chi connectivity index (χ0v) is 14.6. The van der Waals surface area contributed by atoms with Gasteiger partial charge in [0.2, 0.25) is 5.91 Å². The third-order valence-electron chi connectivity index (χ3n) is 4.26. The number of aromatic nitrogens is 5. The molecule has 0 saturated carbocycles. The number of hydrogen-bond acceptors (Lipinski definition) is 4. The standard InChI is InChI=1S/C16H26N6O/c1-6-14(16-17-10-18-22(16)7-2)19-15(23)9-8-13-11(3)20-21(5)12(13)4/h10,14H,6-9H2,1-5H3,(H,19,23)/t14-/m1/s1. The zero-order valence-electron chi connectivity index (χ0n) is 14.6. The van der Waals surface area contributed by atoms with Gasteiger partial charge in [0, 0.05) is 25.7 Å². The Morgan fingerprint density at radius 2 is 2.09 bits per heavy atom. The lowest BCUT2D eigenvalue weighted by Gasteiger charge is -2.17. The largest absolute Gasteiger partial charge is 0.346 e. The highest BCUT2D eigenvalue weighted by Crippen LogP contribution is 2.16. The van der Waals surface area contributed by atoms with Crippen LogP contribution in [-0.2, 0) is 24.8 Å². The van der Waals surface area contributed by atoms with Gasteiger partial charge >= 0.3 is 0 Å². The van der Waals surface area contributed by atoms with Gasteiger partial charge in [-0.2, -0.15) is 10.2 Å². The molecule has 0 saturated heterocycles. The molecule has 7 nitrogen and oxygen atoms in total. The van der Waals surface area contributed by atoms with Crippen LogP contribution in [0.5, 0.6) is 0 Å². The van der Waals surface area contributed by atoms with Crippen LogP contribution >= 0.6 is 0 Å². The number of carbonyl (C=O) groups excluding carboxylic acids is 1. The average molecular weight is 318 g/mol. The van der Waals surface area contributed by atoms with Crippen molar-refractivity contribution in [3.63, 3.8) is 0 Å². The molecule has 1 N–H and O–H groups in total. The fraction of sp³-hybridized carbons (Fsp3) is 0.625. The third-order valence-corrected chi connectivity index (χ3v) is 4.26. The summed E-state index contributed by atoms with van der Waals surface area (Å²) in [6, 6.07) is -0.0963. The zero-order chi connectivity index (χ0) is 17.0. The molecule has 0 aromatic carbocycles. The molecule has 0 radical (unpaired) electrons. The summed E-state index contributed by atoms with van der Waals surface area (Å²) in [6.45, 7) is 8.82. The normalized spacial score (nSPS) is 12.4. The maximum atomic E-state index is 12.3. The lowest BCUT2D eigenvalue weighted by molar-refractivity contribution is -0.121. The van der Waals surface area contributed by atoms with Crippen molar-refractivity contribution in [2.24, 2.45) is 7.05 Å². The molecular formula is C16H26N6O. The minimum absolute atomic E-state index is 0.0326. The number of amides is 1. The SMILES string of the molecule is CC[C@@H](NC(=O)CCc1c(C)nn(C)c1C)c1ncnn1CC. The Morgan fingerprint density at radius 1 is 1.35 bits per heavy atom. The molecule has 126 valence electrons. The first kappa shape index (κ1) is 17.2. The lowest BCUT2D eigenvalue weighted by Crippen LogP contribution is -2.30. The van der Waals surface area contributed by atoms with Crippen molar-refractivity contribution >= 4 is 5.91 Å². The quantitative estimate of drug-likeness (QED) is 0.845. The van der Waals surface area contributed by atoms with E-state index >= 15 is 0 Å². The highest BCUT2D eigenvalue weighted by Gasteiger charge is 2.18. The maximum Gasteiger partial charge on any atom is 0.220 e. The molecule has 2 aromatic heterocycles. The van der Waals surface area contributed by atoms with Crippen LogP contribution in [0.25, 0.3) is 0 Å². The summed E-state index contributed by atoms with van der Waals surface area (Å²) in [5, 5.41) is 11.6. The van der Waals surface area contributed by atoms with E-state index in [1.54, 1.807) is 0 Å². The second-order valence-corrected chi connectivity index (χ2v) is 5.74. The lowest BCUT2D eigenvalue weighted by atomic mass is 10.1. The molecule has 0 fully saturated rings. The first-order chi connectivity index (χ1) is 11.0. The molecule has 0 bridgehead atoms. The van der Waals surface area contributed by atoms with Crippen LogP contribution in [-0.4, -0.2) is 30.5 Å². The van der Waals surface area contributed by atoms with Gasteiger partial charge in [-0.3, -0.25) is 9.48 Å². The van der Waals surface area contributed by atoms with E-state index in [0.717, 1.165) is 35.7 Å². The van der Waals surface area contributed by atoms with Gasteiger partial charge in [-0.05, 0) is 39.2 Å². The minimum atomic E-state index is -0.0963. The topological polar surface area (TPSA) is 77.6 Å². The van der Waals surface area contributed by atoms with Crippen LogP contribution in [0.2, 0.25) is 0 Å². The predicted molar refractivity (Wildman–Crippen MR) is 87.9 cm³/mol. The van der Waals surface area contributed by atoms with Crippen LogP contribution in [0, 0.1) is 13.8 Å². The van der Waals surface area contributed by atoms with Crippen LogP contribution in [0.15, 0.2) is 6.33 Å². The number of carbonyl (C=O) groups is 1. The smallest absolute Gasteiger partial charge is 0.220 e. The number of hydrogen-bond donors (Lipinski definition) is 1. The van der Waals surface area contributed by atoms with E-state index < -0.39 is 0 Å². The van der Waals surface area contributed by atoms with Crippen LogP contribution in [0.1, 0.15) is 55.5 Å². The molecule has 23 heavy (non-hydrogen) atoms. The summed E-state index contributed by atoms with van der Waals surface area (Å²) >= 11 is 0. The third kappa shape index (κ3) is 3.78. The number of nitrogens with zero attached hydrogens (tertiary/aromatic N) is 5. The highest BCUT2D eigenvalue weighted by atomic mass is 16.1.